The van der Waals surface area contributed by atoms with Gasteiger partial charge in [-0.2, -0.15) is 5.10 Å². The number of hydrogen-bond donors (Lipinski definition) is 0. The van der Waals surface area contributed by atoms with Crippen molar-refractivity contribution in [1.82, 2.24) is 34.3 Å². The summed E-state index contributed by atoms with van der Waals surface area (Å²) >= 11 is 6.34. The number of carbonyl (C=O) groups is 1. The van der Waals surface area contributed by atoms with E-state index in [9.17, 15) is 4.79 Å². The van der Waals surface area contributed by atoms with Crippen molar-refractivity contribution in [2.24, 2.45) is 0 Å². The topological polar surface area (TPSA) is 81.2 Å². The second-order valence-electron chi connectivity index (χ2n) is 6.13. The molecule has 0 saturated carbocycles. The zero-order valence-corrected chi connectivity index (χ0v) is 14.3. The fourth-order valence-corrected chi connectivity index (χ4v) is 3.43. The van der Waals surface area contributed by atoms with E-state index in [0.717, 1.165) is 17.2 Å². The average molecular weight is 346 g/mol. The summed E-state index contributed by atoms with van der Waals surface area (Å²) in [6.07, 6.45) is 3.50. The third kappa shape index (κ3) is 2.17. The van der Waals surface area contributed by atoms with Gasteiger partial charge in [-0.05, 0) is 26.3 Å². The third-order valence-corrected chi connectivity index (χ3v) is 4.58. The highest BCUT2D eigenvalue weighted by atomic mass is 35.5. The molecular weight excluding hydrogens is 330 g/mol. The predicted molar refractivity (Wildman–Crippen MR) is 86.9 cm³/mol. The van der Waals surface area contributed by atoms with Gasteiger partial charge in [-0.15, -0.1) is 10.2 Å². The van der Waals surface area contributed by atoms with Gasteiger partial charge in [-0.25, -0.2) is 9.50 Å². The average Bonchev–Trinajstić information content (AvgIpc) is 3.07. The molecule has 0 aromatic carbocycles. The van der Waals surface area contributed by atoms with E-state index in [1.165, 1.54) is 0 Å². The van der Waals surface area contributed by atoms with Crippen molar-refractivity contribution in [2.45, 2.75) is 33.4 Å². The first kappa shape index (κ1) is 15.1. The Morgan fingerprint density at radius 2 is 2.12 bits per heavy atom. The molecule has 0 spiro atoms. The Hall–Kier alpha value is -2.48. The molecule has 4 heterocycles. The van der Waals surface area contributed by atoms with Crippen molar-refractivity contribution in [3.8, 4) is 0 Å². The fourth-order valence-electron chi connectivity index (χ4n) is 3.17. The number of aryl methyl sites for hydroxylation is 2. The van der Waals surface area contributed by atoms with Crippen molar-refractivity contribution >= 4 is 23.2 Å². The van der Waals surface area contributed by atoms with E-state index in [-0.39, 0.29) is 22.7 Å². The summed E-state index contributed by atoms with van der Waals surface area (Å²) in [6.45, 7) is 6.81. The standard InChI is InChI=1S/C15H16ClN7O/c1-8-4-17-14-12(16)13(20-22(14)5-8)15(24)21-6-9(2)23-10(3)18-19-11(23)7-21/h4-5,9H,6-7H2,1-3H3/t9-/m1/s1. The molecule has 1 aliphatic heterocycles. The lowest BCUT2D eigenvalue weighted by Crippen LogP contribution is -2.40. The van der Waals surface area contributed by atoms with Gasteiger partial charge in [-0.3, -0.25) is 4.79 Å². The van der Waals surface area contributed by atoms with Crippen LogP contribution in [-0.2, 0) is 6.54 Å². The van der Waals surface area contributed by atoms with Gasteiger partial charge in [0.15, 0.2) is 17.2 Å². The number of carbonyl (C=O) groups excluding carboxylic acids is 1. The monoisotopic (exact) mass is 345 g/mol. The van der Waals surface area contributed by atoms with Crippen LogP contribution < -0.4 is 0 Å². The molecule has 0 N–H and O–H groups in total. The number of fused-ring (bicyclic) bond motifs is 2. The molecule has 1 amide bonds. The van der Waals surface area contributed by atoms with E-state index < -0.39 is 0 Å². The number of aromatic nitrogens is 6. The highest BCUT2D eigenvalue weighted by Gasteiger charge is 2.31. The van der Waals surface area contributed by atoms with Crippen LogP contribution in [-0.4, -0.2) is 46.7 Å². The van der Waals surface area contributed by atoms with Crippen molar-refractivity contribution in [2.75, 3.05) is 6.54 Å². The first-order valence-corrected chi connectivity index (χ1v) is 8.03. The number of hydrogen-bond acceptors (Lipinski definition) is 5. The molecule has 3 aromatic heterocycles. The smallest absolute Gasteiger partial charge is 0.276 e. The molecule has 24 heavy (non-hydrogen) atoms. The van der Waals surface area contributed by atoms with Gasteiger partial charge < -0.3 is 9.47 Å². The number of amides is 1. The van der Waals surface area contributed by atoms with Crippen LogP contribution in [0.15, 0.2) is 12.4 Å². The van der Waals surface area contributed by atoms with Gasteiger partial charge in [0.1, 0.15) is 10.8 Å². The lowest BCUT2D eigenvalue weighted by atomic mass is 10.2. The molecule has 0 aliphatic carbocycles. The molecule has 4 rings (SSSR count). The Kier molecular flexibility index (Phi) is 3.31. The molecule has 0 bridgehead atoms. The Labute approximate surface area is 143 Å². The zero-order chi connectivity index (χ0) is 17.0. The SMILES string of the molecule is Cc1cnc2c(Cl)c(C(=O)N3Cc4nnc(C)n4[C@H](C)C3)nn2c1. The second-order valence-corrected chi connectivity index (χ2v) is 6.51. The minimum atomic E-state index is -0.220. The van der Waals surface area contributed by atoms with Crippen molar-refractivity contribution in [1.29, 1.82) is 0 Å². The predicted octanol–water partition coefficient (Wildman–Crippen LogP) is 1.81. The van der Waals surface area contributed by atoms with E-state index in [1.807, 2.05) is 20.8 Å². The Bertz CT molecular complexity index is 960. The normalized spacial score (nSPS) is 17.3. The number of nitrogens with zero attached hydrogens (tertiary/aromatic N) is 7. The largest absolute Gasteiger partial charge is 0.328 e. The summed E-state index contributed by atoms with van der Waals surface area (Å²) < 4.78 is 3.60. The molecular formula is C15H16ClN7O. The van der Waals surface area contributed by atoms with E-state index >= 15 is 0 Å². The second kappa shape index (κ2) is 5.27. The van der Waals surface area contributed by atoms with Crippen molar-refractivity contribution in [3.63, 3.8) is 0 Å². The molecule has 0 radical (unpaired) electrons. The highest BCUT2D eigenvalue weighted by Crippen LogP contribution is 2.26. The number of rotatable bonds is 1. The van der Waals surface area contributed by atoms with E-state index in [1.54, 1.807) is 21.8 Å². The summed E-state index contributed by atoms with van der Waals surface area (Å²) in [6, 6.07) is 0.101. The van der Waals surface area contributed by atoms with Crippen LogP contribution >= 0.6 is 11.6 Å². The summed E-state index contributed by atoms with van der Waals surface area (Å²) in [7, 11) is 0. The Morgan fingerprint density at radius 1 is 1.33 bits per heavy atom. The first-order chi connectivity index (χ1) is 11.5. The van der Waals surface area contributed by atoms with Crippen LogP contribution in [0.5, 0.6) is 0 Å². The van der Waals surface area contributed by atoms with Crippen LogP contribution in [0.1, 0.15) is 40.7 Å². The minimum Gasteiger partial charge on any atom is -0.328 e. The molecule has 0 fully saturated rings. The van der Waals surface area contributed by atoms with Gasteiger partial charge in [0, 0.05) is 18.9 Å². The van der Waals surface area contributed by atoms with Crippen molar-refractivity contribution in [3.05, 3.63) is 40.3 Å². The molecule has 0 unspecified atom stereocenters. The fraction of sp³-hybridized carbons (Fsp3) is 0.400. The van der Waals surface area contributed by atoms with Gasteiger partial charge in [0.2, 0.25) is 0 Å². The maximum Gasteiger partial charge on any atom is 0.276 e. The van der Waals surface area contributed by atoms with E-state index in [0.29, 0.717) is 18.7 Å². The summed E-state index contributed by atoms with van der Waals surface area (Å²) in [5.41, 5.74) is 1.64. The maximum absolute atomic E-state index is 12.9. The van der Waals surface area contributed by atoms with Crippen LogP contribution in [0.3, 0.4) is 0 Å². The van der Waals surface area contributed by atoms with Crippen LogP contribution in [0.25, 0.3) is 5.65 Å². The molecule has 1 aliphatic rings. The van der Waals surface area contributed by atoms with E-state index in [2.05, 4.69) is 24.8 Å². The van der Waals surface area contributed by atoms with Gasteiger partial charge in [0.05, 0.1) is 12.6 Å². The number of halogens is 1. The molecule has 124 valence electrons. The highest BCUT2D eigenvalue weighted by molar-refractivity contribution is 6.36. The maximum atomic E-state index is 12.9. The summed E-state index contributed by atoms with van der Waals surface area (Å²) in [4.78, 5) is 18.9. The lowest BCUT2D eigenvalue weighted by Gasteiger charge is -2.31. The van der Waals surface area contributed by atoms with Crippen LogP contribution in [0, 0.1) is 13.8 Å². The van der Waals surface area contributed by atoms with Crippen LogP contribution in [0.2, 0.25) is 5.02 Å². The van der Waals surface area contributed by atoms with Crippen LogP contribution in [0.4, 0.5) is 0 Å². The minimum absolute atomic E-state index is 0.101. The van der Waals surface area contributed by atoms with Gasteiger partial charge in [0.25, 0.3) is 5.91 Å². The Balaban J connectivity index is 1.71. The van der Waals surface area contributed by atoms with Gasteiger partial charge >= 0.3 is 0 Å². The third-order valence-electron chi connectivity index (χ3n) is 4.23. The summed E-state index contributed by atoms with van der Waals surface area (Å²) in [5.74, 6) is 1.41. The lowest BCUT2D eigenvalue weighted by molar-refractivity contribution is 0.0674. The van der Waals surface area contributed by atoms with Crippen molar-refractivity contribution < 1.29 is 4.79 Å². The first-order valence-electron chi connectivity index (χ1n) is 7.66. The quantitative estimate of drug-likeness (QED) is 0.671. The van der Waals surface area contributed by atoms with Gasteiger partial charge in [-0.1, -0.05) is 11.6 Å². The molecule has 0 saturated heterocycles. The Morgan fingerprint density at radius 3 is 2.92 bits per heavy atom. The molecule has 3 aromatic rings. The molecule has 1 atom stereocenters. The summed E-state index contributed by atoms with van der Waals surface area (Å²) in [5, 5.41) is 12.9. The van der Waals surface area contributed by atoms with E-state index in [4.69, 9.17) is 11.6 Å². The molecule has 8 nitrogen and oxygen atoms in total. The molecule has 9 heteroatoms. The zero-order valence-electron chi connectivity index (χ0n) is 13.6.